The molecule has 4 heteroatoms. The van der Waals surface area contributed by atoms with Crippen LogP contribution in [0, 0.1) is 0 Å². The first-order valence-electron chi connectivity index (χ1n) is 4.09. The summed E-state index contributed by atoms with van der Waals surface area (Å²) in [4.78, 5) is 0. The van der Waals surface area contributed by atoms with Gasteiger partial charge in [-0.25, -0.2) is 0 Å². The third-order valence-corrected chi connectivity index (χ3v) is 1.91. The second-order valence-electron chi connectivity index (χ2n) is 2.58. The fourth-order valence-electron chi connectivity index (χ4n) is 1.07. The highest BCUT2D eigenvalue weighted by atomic mass is 35.5. The summed E-state index contributed by atoms with van der Waals surface area (Å²) < 4.78 is 5.34. The molecule has 0 aliphatic rings. The zero-order valence-corrected chi connectivity index (χ0v) is 8.27. The number of nitrogen functional groups attached to an aromatic ring is 1. The van der Waals surface area contributed by atoms with Crippen molar-refractivity contribution in [1.29, 1.82) is 0 Å². The van der Waals surface area contributed by atoms with E-state index >= 15 is 0 Å². The predicted molar refractivity (Wildman–Crippen MR) is 55.0 cm³/mol. The van der Waals surface area contributed by atoms with Crippen LogP contribution < -0.4 is 16.0 Å². The van der Waals surface area contributed by atoms with E-state index in [9.17, 15) is 0 Å². The van der Waals surface area contributed by atoms with Crippen LogP contribution in [-0.2, 0) is 5.88 Å². The Balaban J connectivity index is 2.93. The number of anilines is 1. The second kappa shape index (κ2) is 4.94. The molecule has 0 unspecified atom stereocenters. The fourth-order valence-corrected chi connectivity index (χ4v) is 1.23. The van der Waals surface area contributed by atoms with Crippen LogP contribution in [0.3, 0.4) is 0 Å². The standard InChI is InChI=1S/C9H13ClN2O/c1-2-13-9-4-7(6-10)3-8(5-9)12-11/h3-5,12H,2,6,11H2,1H3. The van der Waals surface area contributed by atoms with Gasteiger partial charge in [0.2, 0.25) is 0 Å². The average molecular weight is 201 g/mol. The van der Waals surface area contributed by atoms with Crippen LogP contribution in [0.1, 0.15) is 12.5 Å². The van der Waals surface area contributed by atoms with Gasteiger partial charge in [-0.2, -0.15) is 0 Å². The van der Waals surface area contributed by atoms with Gasteiger partial charge in [-0.1, -0.05) is 0 Å². The molecule has 13 heavy (non-hydrogen) atoms. The lowest BCUT2D eigenvalue weighted by atomic mass is 10.2. The molecule has 0 heterocycles. The summed E-state index contributed by atoms with van der Waals surface area (Å²) in [6.07, 6.45) is 0. The Morgan fingerprint density at radius 2 is 2.23 bits per heavy atom. The number of hydrogen-bond acceptors (Lipinski definition) is 3. The molecule has 0 aliphatic carbocycles. The van der Waals surface area contributed by atoms with Gasteiger partial charge in [0, 0.05) is 11.9 Å². The van der Waals surface area contributed by atoms with Crippen molar-refractivity contribution < 1.29 is 4.74 Å². The second-order valence-corrected chi connectivity index (χ2v) is 2.84. The lowest BCUT2D eigenvalue weighted by Crippen LogP contribution is -2.07. The molecule has 0 bridgehead atoms. The smallest absolute Gasteiger partial charge is 0.121 e. The quantitative estimate of drug-likeness (QED) is 0.445. The van der Waals surface area contributed by atoms with Gasteiger partial charge < -0.3 is 10.2 Å². The van der Waals surface area contributed by atoms with Crippen molar-refractivity contribution in [2.24, 2.45) is 5.84 Å². The van der Waals surface area contributed by atoms with E-state index in [1.807, 2.05) is 25.1 Å². The summed E-state index contributed by atoms with van der Waals surface area (Å²) in [6, 6.07) is 5.62. The molecule has 3 nitrogen and oxygen atoms in total. The molecule has 0 amide bonds. The zero-order chi connectivity index (χ0) is 9.68. The first-order chi connectivity index (χ1) is 6.30. The number of ether oxygens (including phenoxy) is 1. The highest BCUT2D eigenvalue weighted by Gasteiger charge is 1.99. The molecule has 0 fully saturated rings. The van der Waals surface area contributed by atoms with Crippen LogP contribution in [-0.4, -0.2) is 6.61 Å². The normalized spacial score (nSPS) is 9.77. The molecule has 0 aromatic heterocycles. The summed E-state index contributed by atoms with van der Waals surface area (Å²) in [5, 5.41) is 0. The van der Waals surface area contributed by atoms with Gasteiger partial charge in [0.1, 0.15) is 5.75 Å². The predicted octanol–water partition coefficient (Wildman–Crippen LogP) is 2.11. The van der Waals surface area contributed by atoms with E-state index in [-0.39, 0.29) is 0 Å². The van der Waals surface area contributed by atoms with Crippen molar-refractivity contribution in [1.82, 2.24) is 0 Å². The van der Waals surface area contributed by atoms with Crippen LogP contribution in [0.5, 0.6) is 5.75 Å². The number of nitrogens with one attached hydrogen (secondary N) is 1. The van der Waals surface area contributed by atoms with Crippen molar-refractivity contribution in [3.63, 3.8) is 0 Å². The molecule has 0 radical (unpaired) electrons. The van der Waals surface area contributed by atoms with Crippen molar-refractivity contribution >= 4 is 17.3 Å². The van der Waals surface area contributed by atoms with E-state index in [1.54, 1.807) is 0 Å². The van der Waals surface area contributed by atoms with Crippen LogP contribution in [0.4, 0.5) is 5.69 Å². The number of alkyl halides is 1. The number of benzene rings is 1. The number of nitrogens with two attached hydrogens (primary N) is 1. The summed E-state index contributed by atoms with van der Waals surface area (Å²) in [5.41, 5.74) is 4.36. The maximum absolute atomic E-state index is 5.70. The van der Waals surface area contributed by atoms with Gasteiger partial charge in [-0.15, -0.1) is 11.6 Å². The molecule has 0 spiro atoms. The van der Waals surface area contributed by atoms with Crippen molar-refractivity contribution in [3.05, 3.63) is 23.8 Å². The molecule has 3 N–H and O–H groups in total. The average Bonchev–Trinajstić information content (AvgIpc) is 2.17. The summed E-state index contributed by atoms with van der Waals surface area (Å²) in [7, 11) is 0. The van der Waals surface area contributed by atoms with Gasteiger partial charge in [-0.3, -0.25) is 5.84 Å². The van der Waals surface area contributed by atoms with Gasteiger partial charge in [0.15, 0.2) is 0 Å². The van der Waals surface area contributed by atoms with Crippen LogP contribution >= 0.6 is 11.6 Å². The van der Waals surface area contributed by atoms with E-state index in [1.165, 1.54) is 0 Å². The minimum Gasteiger partial charge on any atom is -0.494 e. The van der Waals surface area contributed by atoms with Gasteiger partial charge in [0.25, 0.3) is 0 Å². The van der Waals surface area contributed by atoms with Gasteiger partial charge in [0.05, 0.1) is 12.3 Å². The minimum absolute atomic E-state index is 0.454. The SMILES string of the molecule is CCOc1cc(CCl)cc(NN)c1. The molecule has 1 rings (SSSR count). The van der Waals surface area contributed by atoms with Crippen LogP contribution in [0.2, 0.25) is 0 Å². The maximum atomic E-state index is 5.70. The number of rotatable bonds is 4. The van der Waals surface area contributed by atoms with E-state index < -0.39 is 0 Å². The topological polar surface area (TPSA) is 47.3 Å². The summed E-state index contributed by atoms with van der Waals surface area (Å²) in [6.45, 7) is 2.57. The first kappa shape index (κ1) is 10.2. The molecule has 72 valence electrons. The third-order valence-electron chi connectivity index (χ3n) is 1.60. The van der Waals surface area contributed by atoms with E-state index in [0.717, 1.165) is 17.0 Å². The number of hydrazine groups is 1. The highest BCUT2D eigenvalue weighted by molar-refractivity contribution is 6.17. The lowest BCUT2D eigenvalue weighted by Gasteiger charge is -2.07. The Morgan fingerprint density at radius 1 is 1.46 bits per heavy atom. The van der Waals surface area contributed by atoms with Gasteiger partial charge in [-0.05, 0) is 24.6 Å². The summed E-state index contributed by atoms with van der Waals surface area (Å²) in [5.74, 6) is 6.53. The molecule has 1 aromatic rings. The summed E-state index contributed by atoms with van der Waals surface area (Å²) >= 11 is 5.70. The molecular weight excluding hydrogens is 188 g/mol. The largest absolute Gasteiger partial charge is 0.494 e. The Labute approximate surface area is 82.8 Å². The Hall–Kier alpha value is -0.930. The third kappa shape index (κ3) is 2.79. The Kier molecular flexibility index (Phi) is 3.86. The van der Waals surface area contributed by atoms with E-state index in [4.69, 9.17) is 22.2 Å². The van der Waals surface area contributed by atoms with Crippen molar-refractivity contribution in [3.8, 4) is 5.75 Å². The Bertz CT molecular complexity index is 256. The molecule has 0 aliphatic heterocycles. The molecule has 0 saturated heterocycles. The molecule has 0 saturated carbocycles. The van der Waals surface area contributed by atoms with E-state index in [0.29, 0.717) is 12.5 Å². The van der Waals surface area contributed by atoms with E-state index in [2.05, 4.69) is 5.43 Å². The highest BCUT2D eigenvalue weighted by Crippen LogP contribution is 2.21. The van der Waals surface area contributed by atoms with Gasteiger partial charge >= 0.3 is 0 Å². The minimum atomic E-state index is 0.454. The number of hydrogen-bond donors (Lipinski definition) is 2. The Morgan fingerprint density at radius 3 is 2.77 bits per heavy atom. The first-order valence-corrected chi connectivity index (χ1v) is 4.63. The maximum Gasteiger partial charge on any atom is 0.121 e. The molecule has 0 atom stereocenters. The number of halogens is 1. The van der Waals surface area contributed by atoms with Crippen LogP contribution in [0.15, 0.2) is 18.2 Å². The lowest BCUT2D eigenvalue weighted by molar-refractivity contribution is 0.340. The molecule has 1 aromatic carbocycles. The van der Waals surface area contributed by atoms with Crippen molar-refractivity contribution in [2.75, 3.05) is 12.0 Å². The monoisotopic (exact) mass is 200 g/mol. The van der Waals surface area contributed by atoms with Crippen LogP contribution in [0.25, 0.3) is 0 Å². The van der Waals surface area contributed by atoms with Crippen molar-refractivity contribution in [2.45, 2.75) is 12.8 Å². The zero-order valence-electron chi connectivity index (χ0n) is 7.51. The molecular formula is C9H13ClN2O. The fraction of sp³-hybridized carbons (Fsp3) is 0.333.